The number of ether oxygens (including phenoxy) is 3. The molecule has 0 radical (unpaired) electrons. The molecule has 2 unspecified atom stereocenters. The molecular formula is C16H20O4. The minimum atomic E-state index is -1.43. The lowest BCUT2D eigenvalue weighted by atomic mass is 9.76. The number of carbonyl (C=O) groups excluding carboxylic acids is 1. The number of hydrogen-bond acceptors (Lipinski definition) is 4. The average molecular weight is 276 g/mol. The molecule has 0 fully saturated rings. The van der Waals surface area contributed by atoms with Crippen LogP contribution in [-0.2, 0) is 19.0 Å². The number of benzene rings is 1. The zero-order valence-electron chi connectivity index (χ0n) is 12.3. The molecule has 0 saturated carbocycles. The van der Waals surface area contributed by atoms with Gasteiger partial charge in [-0.2, -0.15) is 0 Å². The molecule has 1 aromatic carbocycles. The molecule has 0 spiro atoms. The number of methoxy groups -OCH3 is 3. The lowest BCUT2D eigenvalue weighted by Crippen LogP contribution is -2.51. The first-order chi connectivity index (χ1) is 9.60. The van der Waals surface area contributed by atoms with Crippen molar-refractivity contribution in [3.8, 4) is 0 Å². The van der Waals surface area contributed by atoms with Crippen molar-refractivity contribution in [2.45, 2.75) is 18.6 Å². The minimum absolute atomic E-state index is 0.0444. The normalized spacial score (nSPS) is 25.2. The lowest BCUT2D eigenvalue weighted by Gasteiger charge is -2.38. The van der Waals surface area contributed by atoms with Crippen LogP contribution in [0.4, 0.5) is 0 Å². The highest BCUT2D eigenvalue weighted by Gasteiger charge is 2.51. The molecule has 108 valence electrons. The number of carbonyl (C=O) groups is 1. The Morgan fingerprint density at radius 2 is 1.65 bits per heavy atom. The fraction of sp³-hybridized carbons (Fsp3) is 0.438. The molecule has 0 bridgehead atoms. The predicted octanol–water partition coefficient (Wildman–Crippen LogP) is 2.51. The van der Waals surface area contributed by atoms with E-state index in [-0.39, 0.29) is 17.6 Å². The summed E-state index contributed by atoms with van der Waals surface area (Å²) in [7, 11) is 4.41. The molecule has 0 amide bonds. The van der Waals surface area contributed by atoms with Gasteiger partial charge in [-0.15, -0.1) is 0 Å². The summed E-state index contributed by atoms with van der Waals surface area (Å²) in [5.41, 5.74) is 1.07. The van der Waals surface area contributed by atoms with E-state index in [9.17, 15) is 4.79 Å². The second-order valence-electron chi connectivity index (χ2n) is 4.85. The van der Waals surface area contributed by atoms with Crippen molar-refractivity contribution in [3.05, 3.63) is 47.7 Å². The molecule has 2 atom stereocenters. The van der Waals surface area contributed by atoms with E-state index in [1.165, 1.54) is 21.3 Å². The largest absolute Gasteiger partial charge is 0.495 e. The Hall–Kier alpha value is -1.65. The van der Waals surface area contributed by atoms with Crippen LogP contribution in [0.25, 0.3) is 0 Å². The predicted molar refractivity (Wildman–Crippen MR) is 75.2 cm³/mol. The summed E-state index contributed by atoms with van der Waals surface area (Å²) in [5, 5.41) is 0. The molecule has 0 N–H and O–H groups in total. The van der Waals surface area contributed by atoms with E-state index in [0.29, 0.717) is 5.76 Å². The first-order valence-corrected chi connectivity index (χ1v) is 6.56. The maximum Gasteiger partial charge on any atom is 0.288 e. The van der Waals surface area contributed by atoms with Gasteiger partial charge in [0, 0.05) is 26.1 Å². The Balaban J connectivity index is 2.51. The highest BCUT2D eigenvalue weighted by Crippen LogP contribution is 2.40. The molecule has 20 heavy (non-hydrogen) atoms. The van der Waals surface area contributed by atoms with Crippen LogP contribution >= 0.6 is 0 Å². The van der Waals surface area contributed by atoms with Gasteiger partial charge in [0.1, 0.15) is 0 Å². The van der Waals surface area contributed by atoms with Gasteiger partial charge in [-0.25, -0.2) is 0 Å². The van der Waals surface area contributed by atoms with Gasteiger partial charge in [-0.3, -0.25) is 4.79 Å². The van der Waals surface area contributed by atoms with Crippen molar-refractivity contribution >= 4 is 5.78 Å². The van der Waals surface area contributed by atoms with Gasteiger partial charge in [-0.1, -0.05) is 37.3 Å². The van der Waals surface area contributed by atoms with Gasteiger partial charge in [0.25, 0.3) is 5.79 Å². The highest BCUT2D eigenvalue weighted by atomic mass is 16.7. The molecule has 2 rings (SSSR count). The van der Waals surface area contributed by atoms with Crippen LogP contribution in [0.1, 0.15) is 18.4 Å². The lowest BCUT2D eigenvalue weighted by molar-refractivity contribution is -0.209. The average Bonchev–Trinajstić information content (AvgIpc) is 2.51. The molecule has 1 aromatic rings. The van der Waals surface area contributed by atoms with Crippen LogP contribution in [0.2, 0.25) is 0 Å². The van der Waals surface area contributed by atoms with Crippen molar-refractivity contribution in [2.75, 3.05) is 21.3 Å². The molecular weight excluding hydrogens is 256 g/mol. The Kier molecular flexibility index (Phi) is 4.26. The summed E-state index contributed by atoms with van der Waals surface area (Å²) in [5.74, 6) is -1.46. The zero-order valence-corrected chi connectivity index (χ0v) is 12.3. The standard InChI is InChI=1S/C16H20O4/c1-11-13(12-8-6-5-7-9-12)10-14(18-2)16(19-3,20-4)15(11)17/h5-11,13H,1-4H3. The second kappa shape index (κ2) is 5.77. The topological polar surface area (TPSA) is 44.8 Å². The molecule has 4 heteroatoms. The van der Waals surface area contributed by atoms with E-state index in [1.54, 1.807) is 0 Å². The Bertz CT molecular complexity index is 502. The van der Waals surface area contributed by atoms with Gasteiger partial charge in [0.15, 0.2) is 5.76 Å². The van der Waals surface area contributed by atoms with Gasteiger partial charge in [-0.05, 0) is 11.6 Å². The van der Waals surface area contributed by atoms with E-state index in [2.05, 4.69) is 0 Å². The number of allylic oxidation sites excluding steroid dienone is 1. The smallest absolute Gasteiger partial charge is 0.288 e. The van der Waals surface area contributed by atoms with Crippen LogP contribution in [0, 0.1) is 5.92 Å². The van der Waals surface area contributed by atoms with E-state index in [4.69, 9.17) is 14.2 Å². The van der Waals surface area contributed by atoms with Crippen molar-refractivity contribution in [1.82, 2.24) is 0 Å². The molecule has 4 nitrogen and oxygen atoms in total. The van der Waals surface area contributed by atoms with Crippen LogP contribution in [0.15, 0.2) is 42.2 Å². The van der Waals surface area contributed by atoms with Gasteiger partial charge in [0.2, 0.25) is 5.78 Å². The van der Waals surface area contributed by atoms with Crippen molar-refractivity contribution < 1.29 is 19.0 Å². The van der Waals surface area contributed by atoms with Gasteiger partial charge >= 0.3 is 0 Å². The first kappa shape index (κ1) is 14.8. The molecule has 0 heterocycles. The van der Waals surface area contributed by atoms with E-state index >= 15 is 0 Å². The van der Waals surface area contributed by atoms with Crippen LogP contribution in [-0.4, -0.2) is 32.9 Å². The molecule has 0 saturated heterocycles. The van der Waals surface area contributed by atoms with Gasteiger partial charge in [0.05, 0.1) is 7.11 Å². The Morgan fingerprint density at radius 1 is 1.05 bits per heavy atom. The van der Waals surface area contributed by atoms with Crippen molar-refractivity contribution in [3.63, 3.8) is 0 Å². The van der Waals surface area contributed by atoms with E-state index in [1.807, 2.05) is 43.3 Å². The van der Waals surface area contributed by atoms with Crippen LogP contribution in [0.3, 0.4) is 0 Å². The zero-order chi connectivity index (χ0) is 14.8. The van der Waals surface area contributed by atoms with E-state index < -0.39 is 5.79 Å². The Labute approximate surface area is 119 Å². The van der Waals surface area contributed by atoms with Crippen LogP contribution in [0.5, 0.6) is 0 Å². The maximum atomic E-state index is 12.7. The number of hydrogen-bond donors (Lipinski definition) is 0. The summed E-state index contributed by atoms with van der Waals surface area (Å²) in [6.07, 6.45) is 1.91. The summed E-state index contributed by atoms with van der Waals surface area (Å²) in [6, 6.07) is 9.88. The summed E-state index contributed by atoms with van der Waals surface area (Å²) in [4.78, 5) is 12.7. The van der Waals surface area contributed by atoms with E-state index in [0.717, 1.165) is 5.56 Å². The number of rotatable bonds is 4. The Morgan fingerprint density at radius 3 is 2.15 bits per heavy atom. The molecule has 1 aliphatic rings. The fourth-order valence-electron chi connectivity index (χ4n) is 2.75. The highest BCUT2D eigenvalue weighted by molar-refractivity contribution is 5.93. The minimum Gasteiger partial charge on any atom is -0.495 e. The van der Waals surface area contributed by atoms with Crippen molar-refractivity contribution in [1.29, 1.82) is 0 Å². The third-order valence-corrected chi connectivity index (χ3v) is 3.91. The first-order valence-electron chi connectivity index (χ1n) is 6.56. The second-order valence-corrected chi connectivity index (χ2v) is 4.85. The third-order valence-electron chi connectivity index (χ3n) is 3.91. The summed E-state index contributed by atoms with van der Waals surface area (Å²) in [6.45, 7) is 1.88. The monoisotopic (exact) mass is 276 g/mol. The molecule has 0 aromatic heterocycles. The SMILES string of the molecule is COC1=CC(c2ccccc2)C(C)C(=O)C1(OC)OC. The van der Waals surface area contributed by atoms with Gasteiger partial charge < -0.3 is 14.2 Å². The van der Waals surface area contributed by atoms with Crippen LogP contribution < -0.4 is 0 Å². The fourth-order valence-corrected chi connectivity index (χ4v) is 2.75. The maximum absolute atomic E-state index is 12.7. The summed E-state index contributed by atoms with van der Waals surface area (Å²) >= 11 is 0. The summed E-state index contributed by atoms with van der Waals surface area (Å²) < 4.78 is 16.0. The molecule has 1 aliphatic carbocycles. The molecule has 0 aliphatic heterocycles. The van der Waals surface area contributed by atoms with Crippen molar-refractivity contribution in [2.24, 2.45) is 5.92 Å². The number of ketones is 1. The third kappa shape index (κ3) is 2.15. The number of Topliss-reactive ketones (excluding diaryl/α,β-unsaturated/α-hetero) is 1. The quantitative estimate of drug-likeness (QED) is 0.793.